The number of pyridine rings is 1. The Morgan fingerprint density at radius 3 is 2.62 bits per heavy atom. The van der Waals surface area contributed by atoms with Gasteiger partial charge in [-0.05, 0) is 29.8 Å². The second kappa shape index (κ2) is 13.1. The van der Waals surface area contributed by atoms with Crippen molar-refractivity contribution in [2.24, 2.45) is 0 Å². The number of likely N-dealkylation sites (tertiary alicyclic amines) is 1. The van der Waals surface area contributed by atoms with Crippen LogP contribution in [0.2, 0.25) is 0 Å². The molecular weight excluding hydrogens is 617 g/mol. The molecule has 3 N–H and O–H groups in total. The molecule has 3 heterocycles. The van der Waals surface area contributed by atoms with Crippen LogP contribution in [0.3, 0.4) is 0 Å². The number of piperidine rings is 1. The number of anilines is 2. The molecule has 12 nitrogen and oxygen atoms in total. The first kappa shape index (κ1) is 31.7. The molecule has 45 heavy (non-hydrogen) atoms. The fraction of sp³-hybridized carbons (Fsp3) is 0.310. The van der Waals surface area contributed by atoms with Gasteiger partial charge in [-0.15, -0.1) is 0 Å². The summed E-state index contributed by atoms with van der Waals surface area (Å²) >= 11 is 0. The Hall–Kier alpha value is -4.70. The van der Waals surface area contributed by atoms with Crippen LogP contribution < -0.4 is 15.6 Å². The Morgan fingerprint density at radius 2 is 1.91 bits per heavy atom. The number of methoxy groups -OCH3 is 1. The Balaban J connectivity index is 1.44. The van der Waals surface area contributed by atoms with Gasteiger partial charge in [0.05, 0.1) is 31.1 Å². The van der Waals surface area contributed by atoms with Gasteiger partial charge < -0.3 is 20.1 Å². The van der Waals surface area contributed by atoms with Crippen LogP contribution in [-0.2, 0) is 27.1 Å². The highest BCUT2D eigenvalue weighted by Crippen LogP contribution is 2.26. The van der Waals surface area contributed by atoms with Crippen molar-refractivity contribution in [2.75, 3.05) is 36.8 Å². The molecule has 0 spiro atoms. The number of ether oxygens (including phenoxy) is 1. The fourth-order valence-corrected chi connectivity index (χ4v) is 6.31. The molecule has 0 bridgehead atoms. The summed E-state index contributed by atoms with van der Waals surface area (Å²) in [6.45, 7) is -0.0165. The third-order valence-corrected chi connectivity index (χ3v) is 8.42. The second-order valence-corrected chi connectivity index (χ2v) is 12.2. The van der Waals surface area contributed by atoms with Crippen molar-refractivity contribution in [2.45, 2.75) is 30.9 Å². The highest BCUT2D eigenvalue weighted by atomic mass is 32.2. The Bertz CT molecular complexity index is 1910. The molecule has 0 saturated carbocycles. The van der Waals surface area contributed by atoms with Gasteiger partial charge in [0.25, 0.3) is 5.56 Å². The Morgan fingerprint density at radius 1 is 1.13 bits per heavy atom. The number of carboxylic acid groups (broad SMARTS) is 1. The summed E-state index contributed by atoms with van der Waals surface area (Å²) in [4.78, 5) is 34.7. The standard InChI is InChI=1S/C29H29F3N6O6S/c1-44-9-8-38-26-19(13-33-28(35-26)34-21-12-20(30)14-37(15-21)29(40)41)10-22(27(38)39)17-6-7-25(24(32)11-17)36-45(42,43)16-18-4-2-3-5-23(18)31/h2-7,10-11,13,20-21,36H,8-9,12,14-16H2,1H3,(H,40,41)(H,33,34,35)/t20-,21-/m0/s1. The minimum Gasteiger partial charge on any atom is -0.465 e. The van der Waals surface area contributed by atoms with Crippen LogP contribution in [0.5, 0.6) is 0 Å². The van der Waals surface area contributed by atoms with Crippen molar-refractivity contribution in [3.05, 3.63) is 82.3 Å². The van der Waals surface area contributed by atoms with Gasteiger partial charge in [-0.1, -0.05) is 24.3 Å². The zero-order valence-electron chi connectivity index (χ0n) is 23.9. The number of hydrogen-bond donors (Lipinski definition) is 3. The number of benzene rings is 2. The van der Waals surface area contributed by atoms with Crippen molar-refractivity contribution in [3.63, 3.8) is 0 Å². The minimum absolute atomic E-state index is 0.0213. The summed E-state index contributed by atoms with van der Waals surface area (Å²) in [7, 11) is -2.72. The lowest BCUT2D eigenvalue weighted by Crippen LogP contribution is -2.49. The average Bonchev–Trinajstić information content (AvgIpc) is 2.98. The topological polar surface area (TPSA) is 156 Å². The maximum atomic E-state index is 15.2. The van der Waals surface area contributed by atoms with Crippen molar-refractivity contribution in [1.29, 1.82) is 0 Å². The normalized spacial score (nSPS) is 16.9. The van der Waals surface area contributed by atoms with E-state index < -0.39 is 51.3 Å². The highest BCUT2D eigenvalue weighted by molar-refractivity contribution is 7.91. The molecule has 2 aromatic heterocycles. The average molecular weight is 647 g/mol. The molecule has 2 atom stereocenters. The van der Waals surface area contributed by atoms with Crippen LogP contribution in [0.15, 0.2) is 59.5 Å². The van der Waals surface area contributed by atoms with E-state index >= 15 is 4.39 Å². The number of sulfonamides is 1. The molecule has 0 aliphatic carbocycles. The predicted octanol–water partition coefficient (Wildman–Crippen LogP) is 3.83. The molecule has 0 radical (unpaired) electrons. The van der Waals surface area contributed by atoms with Crippen LogP contribution in [-0.4, -0.2) is 78.1 Å². The first-order valence-corrected chi connectivity index (χ1v) is 15.4. The van der Waals surface area contributed by atoms with Gasteiger partial charge >= 0.3 is 6.09 Å². The van der Waals surface area contributed by atoms with Crippen LogP contribution >= 0.6 is 0 Å². The third-order valence-electron chi connectivity index (χ3n) is 7.20. The number of hydrogen-bond acceptors (Lipinski definition) is 8. The highest BCUT2D eigenvalue weighted by Gasteiger charge is 2.30. The van der Waals surface area contributed by atoms with Crippen LogP contribution in [0.25, 0.3) is 22.2 Å². The van der Waals surface area contributed by atoms with Crippen molar-refractivity contribution in [3.8, 4) is 11.1 Å². The summed E-state index contributed by atoms with van der Waals surface area (Å²) in [6.07, 6.45) is -1.15. The number of halogens is 3. The number of nitrogens with one attached hydrogen (secondary N) is 2. The monoisotopic (exact) mass is 646 g/mol. The van der Waals surface area contributed by atoms with Crippen molar-refractivity contribution >= 4 is 38.8 Å². The van der Waals surface area contributed by atoms with Gasteiger partial charge in [0.1, 0.15) is 23.5 Å². The molecule has 5 rings (SSSR count). The van der Waals surface area contributed by atoms with E-state index in [1.165, 1.54) is 54.3 Å². The van der Waals surface area contributed by atoms with E-state index in [0.717, 1.165) is 17.0 Å². The summed E-state index contributed by atoms with van der Waals surface area (Å²) in [5.74, 6) is -2.32. The quantitative estimate of drug-likeness (QED) is 0.233. The van der Waals surface area contributed by atoms with Crippen molar-refractivity contribution in [1.82, 2.24) is 19.4 Å². The van der Waals surface area contributed by atoms with Gasteiger partial charge in [0.15, 0.2) is 0 Å². The SMILES string of the molecule is COCCn1c(=O)c(-c2ccc(NS(=O)(=O)Cc3ccccc3F)c(F)c2)cc2cnc(N[C@H]3C[C@H](F)CN(C(=O)O)C3)nc21. The third kappa shape index (κ3) is 7.34. The van der Waals surface area contributed by atoms with E-state index in [4.69, 9.17) is 4.74 Å². The number of alkyl halides is 1. The number of rotatable bonds is 10. The lowest BCUT2D eigenvalue weighted by atomic mass is 10.0. The van der Waals surface area contributed by atoms with Gasteiger partial charge in [0, 0.05) is 48.8 Å². The van der Waals surface area contributed by atoms with E-state index in [9.17, 15) is 31.9 Å². The summed E-state index contributed by atoms with van der Waals surface area (Å²) in [6, 6.07) is 9.74. The number of amides is 1. The van der Waals surface area contributed by atoms with E-state index in [2.05, 4.69) is 20.0 Å². The van der Waals surface area contributed by atoms with Crippen LogP contribution in [0, 0.1) is 11.6 Å². The smallest absolute Gasteiger partial charge is 0.407 e. The molecule has 1 amide bonds. The van der Waals surface area contributed by atoms with Crippen LogP contribution in [0.4, 0.5) is 29.6 Å². The molecular formula is C29H29F3N6O6S. The fourth-order valence-electron chi connectivity index (χ4n) is 5.10. The summed E-state index contributed by atoms with van der Waals surface area (Å²) in [5.41, 5.74) is -0.576. The van der Waals surface area contributed by atoms with Crippen LogP contribution in [0.1, 0.15) is 12.0 Å². The molecule has 4 aromatic rings. The number of aromatic nitrogens is 3. The van der Waals surface area contributed by atoms with Crippen molar-refractivity contribution < 1.29 is 36.2 Å². The molecule has 1 aliphatic heterocycles. The maximum absolute atomic E-state index is 15.2. The zero-order valence-corrected chi connectivity index (χ0v) is 24.7. The lowest BCUT2D eigenvalue weighted by molar-refractivity contribution is 0.102. The van der Waals surface area contributed by atoms with Gasteiger partial charge in [-0.3, -0.25) is 14.1 Å². The first-order valence-electron chi connectivity index (χ1n) is 13.8. The van der Waals surface area contributed by atoms with Gasteiger partial charge in [-0.25, -0.2) is 31.4 Å². The summed E-state index contributed by atoms with van der Waals surface area (Å²) in [5, 5.41) is 12.6. The largest absolute Gasteiger partial charge is 0.465 e. The Labute approximate surface area is 255 Å². The van der Waals surface area contributed by atoms with E-state index in [1.807, 2.05) is 0 Å². The molecule has 2 aromatic carbocycles. The van der Waals surface area contributed by atoms with E-state index in [1.54, 1.807) is 0 Å². The maximum Gasteiger partial charge on any atom is 0.407 e. The molecule has 1 aliphatic rings. The number of nitrogens with zero attached hydrogens (tertiary/aromatic N) is 4. The molecule has 0 unspecified atom stereocenters. The predicted molar refractivity (Wildman–Crippen MR) is 160 cm³/mol. The molecule has 238 valence electrons. The molecule has 16 heteroatoms. The van der Waals surface area contributed by atoms with E-state index in [0.29, 0.717) is 5.39 Å². The number of carbonyl (C=O) groups is 1. The lowest BCUT2D eigenvalue weighted by Gasteiger charge is -2.33. The van der Waals surface area contributed by atoms with E-state index in [-0.39, 0.29) is 66.6 Å². The second-order valence-electron chi connectivity index (χ2n) is 10.5. The zero-order chi connectivity index (χ0) is 32.3. The van der Waals surface area contributed by atoms with Gasteiger partial charge in [0.2, 0.25) is 16.0 Å². The minimum atomic E-state index is -4.17. The number of fused-ring (bicyclic) bond motifs is 1. The molecule has 1 fully saturated rings. The van der Waals surface area contributed by atoms with Gasteiger partial charge in [-0.2, -0.15) is 4.98 Å². The summed E-state index contributed by atoms with van der Waals surface area (Å²) < 4.78 is 77.1. The first-order chi connectivity index (χ1) is 21.4. The Kier molecular flexibility index (Phi) is 9.24. The molecule has 1 saturated heterocycles.